The summed E-state index contributed by atoms with van der Waals surface area (Å²) in [6.07, 6.45) is 4.96. The molecule has 0 rings (SSSR count). The average molecular weight is 246 g/mol. The highest BCUT2D eigenvalue weighted by Crippen LogP contribution is 2.19. The van der Waals surface area contributed by atoms with Gasteiger partial charge in [-0.2, -0.15) is 0 Å². The lowest BCUT2D eigenvalue weighted by Crippen LogP contribution is -2.33. The van der Waals surface area contributed by atoms with Crippen LogP contribution in [-0.2, 0) is 0 Å². The number of rotatable bonds is 10. The molecule has 0 bridgehead atoms. The molecular weight excluding hydrogens is 224 g/mol. The predicted molar refractivity (Wildman–Crippen MR) is 65.2 cm³/mol. The van der Waals surface area contributed by atoms with Crippen LogP contribution in [0, 0.1) is 26.1 Å². The molecule has 100 valence electrons. The average Bonchev–Trinajstić information content (AvgIpc) is 2.23. The monoisotopic (exact) mass is 246 g/mol. The number of nitro groups is 2. The van der Waals surface area contributed by atoms with E-state index in [9.17, 15) is 20.2 Å². The molecule has 0 aromatic heterocycles. The van der Waals surface area contributed by atoms with Crippen molar-refractivity contribution in [2.24, 2.45) is 5.92 Å². The van der Waals surface area contributed by atoms with Gasteiger partial charge >= 0.3 is 0 Å². The summed E-state index contributed by atoms with van der Waals surface area (Å²) in [7, 11) is 0. The van der Waals surface area contributed by atoms with Gasteiger partial charge in [0, 0.05) is 16.3 Å². The molecule has 6 nitrogen and oxygen atoms in total. The van der Waals surface area contributed by atoms with Crippen LogP contribution >= 0.6 is 0 Å². The highest BCUT2D eigenvalue weighted by molar-refractivity contribution is 4.68. The fourth-order valence-electron chi connectivity index (χ4n) is 2.08. The third-order valence-electron chi connectivity index (χ3n) is 3.05. The second-order valence-electron chi connectivity index (χ2n) is 4.39. The highest BCUT2D eigenvalue weighted by Gasteiger charge is 2.33. The van der Waals surface area contributed by atoms with Gasteiger partial charge in [-0.25, -0.2) is 0 Å². The van der Waals surface area contributed by atoms with Crippen LogP contribution in [0.15, 0.2) is 0 Å². The van der Waals surface area contributed by atoms with Crippen LogP contribution in [0.3, 0.4) is 0 Å². The summed E-state index contributed by atoms with van der Waals surface area (Å²) in [5.74, 6) is -0.429. The third kappa shape index (κ3) is 6.86. The van der Waals surface area contributed by atoms with Crippen molar-refractivity contribution in [2.45, 2.75) is 58.4 Å². The van der Waals surface area contributed by atoms with Crippen LogP contribution in [0.25, 0.3) is 0 Å². The van der Waals surface area contributed by atoms with Crippen molar-refractivity contribution < 1.29 is 9.85 Å². The SMILES string of the molecule is CCCCCC[C@@H](C[N+](=O)[O-])[C@H](CC)[N+](=O)[O-]. The van der Waals surface area contributed by atoms with Gasteiger partial charge in [-0.1, -0.05) is 39.5 Å². The lowest BCUT2D eigenvalue weighted by Gasteiger charge is -2.16. The van der Waals surface area contributed by atoms with Crippen LogP contribution in [0.5, 0.6) is 0 Å². The maximum absolute atomic E-state index is 10.8. The topological polar surface area (TPSA) is 86.3 Å². The second-order valence-corrected chi connectivity index (χ2v) is 4.39. The minimum absolute atomic E-state index is 0.286. The third-order valence-corrected chi connectivity index (χ3v) is 3.05. The molecule has 0 aliphatic rings. The van der Waals surface area contributed by atoms with Gasteiger partial charge in [-0.15, -0.1) is 0 Å². The van der Waals surface area contributed by atoms with E-state index in [1.807, 2.05) is 0 Å². The molecule has 0 aliphatic carbocycles. The van der Waals surface area contributed by atoms with Crippen molar-refractivity contribution in [3.8, 4) is 0 Å². The van der Waals surface area contributed by atoms with Crippen molar-refractivity contribution in [1.82, 2.24) is 0 Å². The maximum atomic E-state index is 10.8. The van der Waals surface area contributed by atoms with E-state index in [4.69, 9.17) is 0 Å². The standard InChI is InChI=1S/C11H22N2O4/c1-3-5-6-7-8-10(9-12(14)15)11(4-2)13(16)17/h10-11H,3-9H2,1-2H3/t10-,11-/m0/s1. The fraction of sp³-hybridized carbons (Fsp3) is 1.00. The summed E-state index contributed by atoms with van der Waals surface area (Å²) in [4.78, 5) is 20.5. The molecular formula is C11H22N2O4. The molecule has 0 spiro atoms. The second kappa shape index (κ2) is 8.90. The van der Waals surface area contributed by atoms with Crippen LogP contribution in [-0.4, -0.2) is 22.4 Å². The summed E-state index contributed by atoms with van der Waals surface area (Å²) in [5.41, 5.74) is 0. The Kier molecular flexibility index (Phi) is 8.27. The lowest BCUT2D eigenvalue weighted by atomic mass is 9.92. The lowest BCUT2D eigenvalue weighted by molar-refractivity contribution is -0.555. The minimum atomic E-state index is -0.776. The Hall–Kier alpha value is -1.20. The van der Waals surface area contributed by atoms with Crippen LogP contribution in [0.4, 0.5) is 0 Å². The van der Waals surface area contributed by atoms with Gasteiger partial charge in [0.25, 0.3) is 0 Å². The largest absolute Gasteiger partial charge is 0.265 e. The van der Waals surface area contributed by atoms with Gasteiger partial charge in [-0.3, -0.25) is 20.2 Å². The Morgan fingerprint density at radius 1 is 1.06 bits per heavy atom. The van der Waals surface area contributed by atoms with Gasteiger partial charge in [0.2, 0.25) is 12.6 Å². The highest BCUT2D eigenvalue weighted by atomic mass is 16.6. The van der Waals surface area contributed by atoms with E-state index >= 15 is 0 Å². The number of hydrogen-bond acceptors (Lipinski definition) is 4. The maximum Gasteiger partial charge on any atom is 0.221 e. The molecule has 0 radical (unpaired) electrons. The molecule has 0 amide bonds. The van der Waals surface area contributed by atoms with E-state index in [1.165, 1.54) is 0 Å². The van der Waals surface area contributed by atoms with E-state index in [0.29, 0.717) is 12.8 Å². The van der Waals surface area contributed by atoms with Crippen molar-refractivity contribution in [2.75, 3.05) is 6.54 Å². The molecule has 0 aromatic rings. The van der Waals surface area contributed by atoms with E-state index in [2.05, 4.69) is 6.92 Å². The van der Waals surface area contributed by atoms with E-state index < -0.39 is 16.9 Å². The van der Waals surface area contributed by atoms with Crippen molar-refractivity contribution in [3.63, 3.8) is 0 Å². The quantitative estimate of drug-likeness (QED) is 0.337. The van der Waals surface area contributed by atoms with Crippen molar-refractivity contribution >= 4 is 0 Å². The Balaban J connectivity index is 4.30. The van der Waals surface area contributed by atoms with Crippen LogP contribution in [0.2, 0.25) is 0 Å². The molecule has 0 saturated carbocycles. The first-order valence-electron chi connectivity index (χ1n) is 6.28. The Morgan fingerprint density at radius 3 is 2.12 bits per heavy atom. The number of hydrogen-bond donors (Lipinski definition) is 0. The smallest absolute Gasteiger partial charge is 0.221 e. The molecule has 0 fully saturated rings. The normalized spacial score (nSPS) is 14.2. The van der Waals surface area contributed by atoms with Gasteiger partial charge in [0.05, 0.1) is 5.92 Å². The fourth-order valence-corrected chi connectivity index (χ4v) is 2.08. The van der Waals surface area contributed by atoms with E-state index in [0.717, 1.165) is 25.7 Å². The van der Waals surface area contributed by atoms with E-state index in [-0.39, 0.29) is 11.5 Å². The molecule has 0 aromatic carbocycles. The summed E-state index contributed by atoms with van der Waals surface area (Å²) in [6.45, 7) is 3.51. The molecule has 0 heterocycles. The molecule has 0 unspecified atom stereocenters. The molecule has 6 heteroatoms. The first kappa shape index (κ1) is 15.8. The van der Waals surface area contributed by atoms with Gasteiger partial charge < -0.3 is 0 Å². The van der Waals surface area contributed by atoms with Gasteiger partial charge in [-0.05, 0) is 6.42 Å². The first-order valence-corrected chi connectivity index (χ1v) is 6.28. The van der Waals surface area contributed by atoms with Crippen molar-refractivity contribution in [3.05, 3.63) is 20.2 Å². The van der Waals surface area contributed by atoms with Crippen LogP contribution < -0.4 is 0 Å². The zero-order valence-electron chi connectivity index (χ0n) is 10.6. The molecule has 2 atom stereocenters. The zero-order chi connectivity index (χ0) is 13.3. The van der Waals surface area contributed by atoms with Crippen LogP contribution in [0.1, 0.15) is 52.4 Å². The number of nitrogens with zero attached hydrogens (tertiary/aromatic N) is 2. The molecule has 0 saturated heterocycles. The van der Waals surface area contributed by atoms with Gasteiger partial charge in [0.15, 0.2) is 0 Å². The Bertz CT molecular complexity index is 246. The summed E-state index contributed by atoms with van der Waals surface area (Å²) in [5, 5.41) is 21.3. The summed E-state index contributed by atoms with van der Waals surface area (Å²) >= 11 is 0. The summed E-state index contributed by atoms with van der Waals surface area (Å²) in [6, 6.07) is -0.776. The summed E-state index contributed by atoms with van der Waals surface area (Å²) < 4.78 is 0. The minimum Gasteiger partial charge on any atom is -0.265 e. The Morgan fingerprint density at radius 2 is 1.71 bits per heavy atom. The van der Waals surface area contributed by atoms with E-state index in [1.54, 1.807) is 6.92 Å². The zero-order valence-corrected chi connectivity index (χ0v) is 10.6. The molecule has 17 heavy (non-hydrogen) atoms. The van der Waals surface area contributed by atoms with Gasteiger partial charge in [0.1, 0.15) is 0 Å². The molecule has 0 aliphatic heterocycles. The predicted octanol–water partition coefficient (Wildman–Crippen LogP) is 2.91. The number of unbranched alkanes of at least 4 members (excludes halogenated alkanes) is 3. The Labute approximate surface area is 102 Å². The first-order chi connectivity index (χ1) is 8.02. The van der Waals surface area contributed by atoms with Crippen molar-refractivity contribution in [1.29, 1.82) is 0 Å². The molecule has 0 N–H and O–H groups in total.